The second-order valence-corrected chi connectivity index (χ2v) is 7.34. The van der Waals surface area contributed by atoms with Gasteiger partial charge in [0.1, 0.15) is 6.33 Å². The molecule has 1 heterocycles. The van der Waals surface area contributed by atoms with Crippen LogP contribution in [-0.2, 0) is 5.41 Å². The van der Waals surface area contributed by atoms with Gasteiger partial charge in [0.15, 0.2) is 0 Å². The van der Waals surface area contributed by atoms with Gasteiger partial charge in [-0.2, -0.15) is 0 Å². The number of benzene rings is 2. The van der Waals surface area contributed by atoms with Crippen molar-refractivity contribution in [2.24, 2.45) is 0 Å². The van der Waals surface area contributed by atoms with Crippen molar-refractivity contribution in [2.45, 2.75) is 38.0 Å². The first-order chi connectivity index (χ1) is 13.2. The van der Waals surface area contributed by atoms with Crippen LogP contribution in [0, 0.1) is 6.92 Å². The largest absolute Gasteiger partial charge is 0.351 e. The molecule has 0 unspecified atom stereocenters. The van der Waals surface area contributed by atoms with E-state index in [-0.39, 0.29) is 11.3 Å². The predicted molar refractivity (Wildman–Crippen MR) is 103 cm³/mol. The lowest BCUT2D eigenvalue weighted by Crippen LogP contribution is -2.39. The highest BCUT2D eigenvalue weighted by atomic mass is 16.1. The van der Waals surface area contributed by atoms with Crippen molar-refractivity contribution < 1.29 is 4.79 Å². The number of nitrogens with one attached hydrogen (secondary N) is 1. The van der Waals surface area contributed by atoms with Crippen molar-refractivity contribution in [3.8, 4) is 5.69 Å². The van der Waals surface area contributed by atoms with E-state index in [9.17, 15) is 4.79 Å². The van der Waals surface area contributed by atoms with Gasteiger partial charge in [-0.1, -0.05) is 48.7 Å². The predicted octanol–water partition coefficient (Wildman–Crippen LogP) is 3.21. The van der Waals surface area contributed by atoms with E-state index in [4.69, 9.17) is 0 Å². The summed E-state index contributed by atoms with van der Waals surface area (Å²) in [6.45, 7) is 2.78. The second kappa shape index (κ2) is 7.31. The van der Waals surface area contributed by atoms with Crippen molar-refractivity contribution in [2.75, 3.05) is 6.54 Å². The molecule has 0 spiro atoms. The molecule has 1 N–H and O–H groups in total. The maximum absolute atomic E-state index is 12.8. The molecule has 1 aliphatic rings. The highest BCUT2D eigenvalue weighted by molar-refractivity contribution is 5.94. The molecule has 1 fully saturated rings. The first-order valence-corrected chi connectivity index (χ1v) is 9.35. The van der Waals surface area contributed by atoms with E-state index in [0.717, 1.165) is 18.5 Å². The molecule has 0 saturated heterocycles. The van der Waals surface area contributed by atoms with Crippen LogP contribution in [0.2, 0.25) is 0 Å². The summed E-state index contributed by atoms with van der Waals surface area (Å²) in [5.74, 6) is -0.0659. The number of nitrogens with zero attached hydrogens (tertiary/aromatic N) is 4. The molecule has 1 amide bonds. The molecule has 0 bridgehead atoms. The van der Waals surface area contributed by atoms with Crippen LogP contribution in [0.5, 0.6) is 0 Å². The zero-order valence-corrected chi connectivity index (χ0v) is 15.4. The van der Waals surface area contributed by atoms with Gasteiger partial charge < -0.3 is 5.32 Å². The quantitative estimate of drug-likeness (QED) is 0.757. The lowest BCUT2D eigenvalue weighted by Gasteiger charge is -2.30. The molecule has 0 radical (unpaired) electrons. The number of hydrogen-bond donors (Lipinski definition) is 1. The maximum Gasteiger partial charge on any atom is 0.251 e. The third kappa shape index (κ3) is 3.60. The molecule has 1 aliphatic carbocycles. The molecule has 6 heteroatoms. The molecule has 27 heavy (non-hydrogen) atoms. The average Bonchev–Trinajstić information content (AvgIpc) is 3.39. The van der Waals surface area contributed by atoms with Crippen LogP contribution in [0.15, 0.2) is 54.9 Å². The minimum Gasteiger partial charge on any atom is -0.351 e. The lowest BCUT2D eigenvalue weighted by molar-refractivity contribution is 0.0943. The summed E-state index contributed by atoms with van der Waals surface area (Å²) in [6, 6.07) is 16.0. The molecule has 4 rings (SSSR count). The molecule has 0 atom stereocenters. The van der Waals surface area contributed by atoms with Gasteiger partial charge in [0.05, 0.1) is 5.69 Å². The number of carbonyl (C=O) groups excluding carboxylic acids is 1. The average molecular weight is 361 g/mol. The van der Waals surface area contributed by atoms with Crippen LogP contribution in [0.3, 0.4) is 0 Å². The zero-order valence-electron chi connectivity index (χ0n) is 15.4. The third-order valence-electron chi connectivity index (χ3n) is 5.50. The standard InChI is InChI=1S/C21H23N5O/c1-16-6-4-8-18(12-16)21(10-2-3-11-21)14-22-20(27)17-7-5-9-19(13-17)26-15-23-24-25-26/h4-9,12-13,15H,2-3,10-11,14H2,1H3,(H,22,27). The summed E-state index contributed by atoms with van der Waals surface area (Å²) in [6.07, 6.45) is 6.16. The number of tetrazole rings is 1. The molecule has 0 aliphatic heterocycles. The summed E-state index contributed by atoms with van der Waals surface area (Å²) in [4.78, 5) is 12.8. The van der Waals surface area contributed by atoms with E-state index in [1.165, 1.54) is 30.3 Å². The van der Waals surface area contributed by atoms with Crippen molar-refractivity contribution in [1.29, 1.82) is 0 Å². The van der Waals surface area contributed by atoms with Crippen LogP contribution in [0.1, 0.15) is 47.2 Å². The van der Waals surface area contributed by atoms with Crippen molar-refractivity contribution >= 4 is 5.91 Å². The molecule has 6 nitrogen and oxygen atoms in total. The second-order valence-electron chi connectivity index (χ2n) is 7.34. The summed E-state index contributed by atoms with van der Waals surface area (Å²) in [5.41, 5.74) is 4.01. The molecule has 138 valence electrons. The topological polar surface area (TPSA) is 72.7 Å². The van der Waals surface area contributed by atoms with Gasteiger partial charge in [-0.15, -0.1) is 5.10 Å². The van der Waals surface area contributed by atoms with E-state index in [0.29, 0.717) is 12.1 Å². The Morgan fingerprint density at radius 1 is 1.15 bits per heavy atom. The fourth-order valence-corrected chi connectivity index (χ4v) is 4.02. The Kier molecular flexibility index (Phi) is 4.71. The highest BCUT2D eigenvalue weighted by Gasteiger charge is 2.36. The van der Waals surface area contributed by atoms with Gasteiger partial charge in [0.25, 0.3) is 5.91 Å². The first-order valence-electron chi connectivity index (χ1n) is 9.35. The van der Waals surface area contributed by atoms with E-state index in [1.807, 2.05) is 18.2 Å². The molecular weight excluding hydrogens is 338 g/mol. The van der Waals surface area contributed by atoms with Gasteiger partial charge >= 0.3 is 0 Å². The van der Waals surface area contributed by atoms with Gasteiger partial charge in [-0.3, -0.25) is 4.79 Å². The minimum absolute atomic E-state index is 0.0368. The highest BCUT2D eigenvalue weighted by Crippen LogP contribution is 2.40. The van der Waals surface area contributed by atoms with E-state index >= 15 is 0 Å². The Morgan fingerprint density at radius 3 is 2.70 bits per heavy atom. The summed E-state index contributed by atoms with van der Waals surface area (Å²) in [5, 5.41) is 14.3. The Balaban J connectivity index is 1.52. The first kappa shape index (κ1) is 17.4. The number of aryl methyl sites for hydroxylation is 1. The van der Waals surface area contributed by atoms with Crippen LogP contribution in [0.4, 0.5) is 0 Å². The minimum atomic E-state index is -0.0659. The lowest BCUT2D eigenvalue weighted by atomic mass is 9.78. The molecule has 2 aromatic carbocycles. The van der Waals surface area contributed by atoms with Crippen LogP contribution in [0.25, 0.3) is 5.69 Å². The normalized spacial score (nSPS) is 15.6. The Labute approximate surface area is 158 Å². The molecule has 1 aromatic heterocycles. The molecular formula is C21H23N5O. The van der Waals surface area contributed by atoms with Gasteiger partial charge in [0.2, 0.25) is 0 Å². The summed E-state index contributed by atoms with van der Waals surface area (Å²) < 4.78 is 1.54. The summed E-state index contributed by atoms with van der Waals surface area (Å²) >= 11 is 0. The third-order valence-corrected chi connectivity index (χ3v) is 5.50. The van der Waals surface area contributed by atoms with Crippen molar-refractivity contribution in [3.05, 3.63) is 71.5 Å². The fourth-order valence-electron chi connectivity index (χ4n) is 4.02. The fraction of sp³-hybridized carbons (Fsp3) is 0.333. The van der Waals surface area contributed by atoms with E-state index in [1.54, 1.807) is 10.7 Å². The number of carbonyl (C=O) groups is 1. The van der Waals surface area contributed by atoms with Gasteiger partial charge in [0, 0.05) is 17.5 Å². The maximum atomic E-state index is 12.8. The smallest absolute Gasteiger partial charge is 0.251 e. The molecule has 3 aromatic rings. The van der Waals surface area contributed by atoms with E-state index in [2.05, 4.69) is 52.0 Å². The Morgan fingerprint density at radius 2 is 1.96 bits per heavy atom. The summed E-state index contributed by atoms with van der Waals surface area (Å²) in [7, 11) is 0. The number of rotatable bonds is 5. The van der Waals surface area contributed by atoms with Crippen LogP contribution in [-0.4, -0.2) is 32.7 Å². The number of hydrogen-bond acceptors (Lipinski definition) is 4. The molecule has 1 saturated carbocycles. The number of aromatic nitrogens is 4. The van der Waals surface area contributed by atoms with Crippen molar-refractivity contribution in [3.63, 3.8) is 0 Å². The SMILES string of the molecule is Cc1cccc(C2(CNC(=O)c3cccc(-n4cnnn4)c3)CCCC2)c1. The monoisotopic (exact) mass is 361 g/mol. The van der Waals surface area contributed by atoms with E-state index < -0.39 is 0 Å². The van der Waals surface area contributed by atoms with Gasteiger partial charge in [-0.25, -0.2) is 4.68 Å². The van der Waals surface area contributed by atoms with Crippen LogP contribution >= 0.6 is 0 Å². The van der Waals surface area contributed by atoms with Crippen molar-refractivity contribution in [1.82, 2.24) is 25.5 Å². The van der Waals surface area contributed by atoms with Crippen LogP contribution < -0.4 is 5.32 Å². The Bertz CT molecular complexity index is 929. The Hall–Kier alpha value is -3.02. The zero-order chi connectivity index (χ0) is 18.7. The number of amides is 1. The van der Waals surface area contributed by atoms with Gasteiger partial charge in [-0.05, 0) is 54.0 Å².